The first-order valence-electron chi connectivity index (χ1n) is 8.23. The van der Waals surface area contributed by atoms with Crippen LogP contribution in [0.1, 0.15) is 11.4 Å². The van der Waals surface area contributed by atoms with Crippen LogP contribution in [-0.2, 0) is 4.79 Å². The lowest BCUT2D eigenvalue weighted by molar-refractivity contribution is -0.114. The second kappa shape index (κ2) is 9.62. The van der Waals surface area contributed by atoms with Gasteiger partial charge in [-0.05, 0) is 38.1 Å². The third kappa shape index (κ3) is 5.76. The molecule has 0 bridgehead atoms. The van der Waals surface area contributed by atoms with Crippen molar-refractivity contribution in [2.24, 2.45) is 27.4 Å². The quantitative estimate of drug-likeness (QED) is 0.220. The summed E-state index contributed by atoms with van der Waals surface area (Å²) in [7, 11) is 0. The van der Waals surface area contributed by atoms with Crippen LogP contribution in [0.4, 0.5) is 5.69 Å². The molecule has 0 saturated carbocycles. The Kier molecular flexibility index (Phi) is 6.97. The van der Waals surface area contributed by atoms with Gasteiger partial charge in [0.2, 0.25) is 0 Å². The fraction of sp³-hybridized carbons (Fsp3) is 0.176. The van der Waals surface area contributed by atoms with Crippen molar-refractivity contribution in [2.45, 2.75) is 13.8 Å². The maximum absolute atomic E-state index is 12.2. The molecule has 28 heavy (non-hydrogen) atoms. The first kappa shape index (κ1) is 20.3. The molecule has 0 aliphatic carbocycles. The van der Waals surface area contributed by atoms with Gasteiger partial charge >= 0.3 is 0 Å². The van der Waals surface area contributed by atoms with Crippen molar-refractivity contribution < 1.29 is 4.79 Å². The molecule has 2 heterocycles. The molecule has 2 aromatic rings. The van der Waals surface area contributed by atoms with E-state index in [1.807, 2.05) is 19.9 Å². The van der Waals surface area contributed by atoms with Crippen LogP contribution in [0.5, 0.6) is 0 Å². The molecule has 0 unspecified atom stereocenters. The Morgan fingerprint density at radius 1 is 1.29 bits per heavy atom. The number of carbonyl (C=O) groups excluding carboxylic acids is 1. The summed E-state index contributed by atoms with van der Waals surface area (Å²) in [6.07, 6.45) is 7.45. The molecule has 0 fully saturated rings. The maximum Gasteiger partial charge on any atom is 0.273 e. The normalized spacial score (nSPS) is 13.1. The first-order valence-corrected chi connectivity index (χ1v) is 8.23. The van der Waals surface area contributed by atoms with Crippen LogP contribution in [0, 0.1) is 13.8 Å². The summed E-state index contributed by atoms with van der Waals surface area (Å²) in [6.45, 7) is 3.77. The number of amides is 1. The van der Waals surface area contributed by atoms with Crippen molar-refractivity contribution in [3.63, 3.8) is 0 Å². The molecule has 0 saturated heterocycles. The molecule has 2 rings (SSSR count). The van der Waals surface area contributed by atoms with Crippen LogP contribution >= 0.6 is 0 Å². The van der Waals surface area contributed by atoms with Gasteiger partial charge in [-0.25, -0.2) is 4.68 Å². The third-order valence-corrected chi connectivity index (χ3v) is 3.50. The second-order valence-electron chi connectivity index (χ2n) is 5.69. The average Bonchev–Trinajstić information content (AvgIpc) is 3.21. The Morgan fingerprint density at radius 3 is 2.71 bits per heavy atom. The Labute approximate surface area is 161 Å². The average molecular weight is 382 g/mol. The number of hydrogen-bond acceptors (Lipinski definition) is 9. The molecule has 11 nitrogen and oxygen atoms in total. The fourth-order valence-electron chi connectivity index (χ4n) is 2.04. The molecule has 11 heteroatoms. The molecule has 7 N–H and O–H groups in total. The van der Waals surface area contributed by atoms with Gasteiger partial charge in [-0.15, -0.1) is 5.10 Å². The summed E-state index contributed by atoms with van der Waals surface area (Å²) in [5.41, 5.74) is 14.2. The Hall–Kier alpha value is -4.02. The number of aliphatic imine (C=N–C) groups is 1. The highest BCUT2D eigenvalue weighted by molar-refractivity contribution is 6.60. The summed E-state index contributed by atoms with van der Waals surface area (Å²) in [5.74, 6) is 5.10. The zero-order chi connectivity index (χ0) is 20.5. The summed E-state index contributed by atoms with van der Waals surface area (Å²) in [4.78, 5) is 20.7. The SMILES string of the molecule is Cc1ccc(N=C/C(=N\N)C(=O)NC/C(N)=C/C=C(\N)n2ccnn2)c(C)n1. The van der Waals surface area contributed by atoms with Crippen LogP contribution < -0.4 is 22.6 Å². The highest BCUT2D eigenvalue weighted by Gasteiger charge is 2.09. The zero-order valence-electron chi connectivity index (χ0n) is 15.6. The van der Waals surface area contributed by atoms with E-state index < -0.39 is 5.91 Å². The van der Waals surface area contributed by atoms with E-state index in [-0.39, 0.29) is 12.3 Å². The Morgan fingerprint density at radius 2 is 2.07 bits per heavy atom. The van der Waals surface area contributed by atoms with Gasteiger partial charge in [-0.3, -0.25) is 14.8 Å². The van der Waals surface area contributed by atoms with Gasteiger partial charge in [0.25, 0.3) is 5.91 Å². The van der Waals surface area contributed by atoms with E-state index in [9.17, 15) is 4.79 Å². The van der Waals surface area contributed by atoms with Crippen LogP contribution in [-0.4, -0.2) is 44.4 Å². The van der Waals surface area contributed by atoms with Crippen molar-refractivity contribution >= 4 is 29.3 Å². The molecule has 0 aromatic carbocycles. The number of nitrogens with zero attached hydrogens (tertiary/aromatic N) is 6. The van der Waals surface area contributed by atoms with Crippen molar-refractivity contribution in [1.29, 1.82) is 0 Å². The zero-order valence-corrected chi connectivity index (χ0v) is 15.6. The molecule has 0 atom stereocenters. The smallest absolute Gasteiger partial charge is 0.273 e. The van der Waals surface area contributed by atoms with E-state index in [0.29, 0.717) is 17.2 Å². The van der Waals surface area contributed by atoms with E-state index in [2.05, 4.69) is 30.7 Å². The van der Waals surface area contributed by atoms with E-state index in [4.69, 9.17) is 17.3 Å². The number of aromatic nitrogens is 4. The van der Waals surface area contributed by atoms with Crippen LogP contribution in [0.15, 0.2) is 52.5 Å². The molecule has 1 amide bonds. The van der Waals surface area contributed by atoms with E-state index in [1.54, 1.807) is 24.4 Å². The van der Waals surface area contributed by atoms with Crippen molar-refractivity contribution in [3.05, 3.63) is 53.8 Å². The molecule has 0 aliphatic rings. The van der Waals surface area contributed by atoms with Gasteiger partial charge < -0.3 is 22.6 Å². The number of carbonyl (C=O) groups is 1. The highest BCUT2D eigenvalue weighted by Crippen LogP contribution is 2.15. The number of rotatable bonds is 7. The summed E-state index contributed by atoms with van der Waals surface area (Å²) >= 11 is 0. The molecule has 146 valence electrons. The first-order chi connectivity index (χ1) is 13.4. The summed E-state index contributed by atoms with van der Waals surface area (Å²) < 4.78 is 1.37. The third-order valence-electron chi connectivity index (χ3n) is 3.50. The predicted octanol–water partition coefficient (Wildman–Crippen LogP) is -0.277. The number of allylic oxidation sites excluding steroid dienone is 2. The lowest BCUT2D eigenvalue weighted by Gasteiger charge is -2.05. The standard InChI is InChI=1S/C17H22N10O/c1-11-3-5-14(12(2)24-11)21-10-15(25-20)17(28)22-9-13(18)4-6-16(19)27-8-7-23-26-27/h3-8,10H,9,18-20H2,1-2H3,(H,22,28)/b13-4-,16-6+,21-10?,25-15+. The van der Waals surface area contributed by atoms with Gasteiger partial charge in [-0.2, -0.15) is 5.10 Å². The Balaban J connectivity index is 1.95. The Bertz CT molecular complexity index is 941. The fourth-order valence-corrected chi connectivity index (χ4v) is 2.04. The lowest BCUT2D eigenvalue weighted by atomic mass is 10.3. The molecule has 0 aliphatic heterocycles. The van der Waals surface area contributed by atoms with Gasteiger partial charge in [0.05, 0.1) is 36.5 Å². The van der Waals surface area contributed by atoms with E-state index in [1.165, 1.54) is 17.1 Å². The number of aryl methyl sites for hydroxylation is 2. The van der Waals surface area contributed by atoms with E-state index in [0.717, 1.165) is 11.4 Å². The van der Waals surface area contributed by atoms with Gasteiger partial charge in [0.1, 0.15) is 5.82 Å². The monoisotopic (exact) mass is 382 g/mol. The topological polar surface area (TPSA) is 175 Å². The molecule has 0 radical (unpaired) electrons. The minimum absolute atomic E-state index is 0.0505. The molecule has 0 spiro atoms. The van der Waals surface area contributed by atoms with Crippen LogP contribution in [0.3, 0.4) is 0 Å². The van der Waals surface area contributed by atoms with Gasteiger partial charge in [-0.1, -0.05) is 5.21 Å². The number of pyridine rings is 1. The molecular weight excluding hydrogens is 360 g/mol. The highest BCUT2D eigenvalue weighted by atomic mass is 16.1. The van der Waals surface area contributed by atoms with Crippen molar-refractivity contribution in [1.82, 2.24) is 25.3 Å². The van der Waals surface area contributed by atoms with Gasteiger partial charge in [0.15, 0.2) is 5.71 Å². The molecular formula is C17H22N10O. The lowest BCUT2D eigenvalue weighted by Crippen LogP contribution is -2.35. The van der Waals surface area contributed by atoms with Crippen LogP contribution in [0.2, 0.25) is 0 Å². The number of nitrogens with one attached hydrogen (secondary N) is 1. The number of hydrazone groups is 1. The summed E-state index contributed by atoms with van der Waals surface area (Å²) in [6, 6.07) is 3.62. The van der Waals surface area contributed by atoms with E-state index >= 15 is 0 Å². The van der Waals surface area contributed by atoms with Gasteiger partial charge in [0, 0.05) is 11.4 Å². The van der Waals surface area contributed by atoms with Crippen molar-refractivity contribution in [2.75, 3.05) is 6.54 Å². The largest absolute Gasteiger partial charge is 0.401 e. The second-order valence-corrected chi connectivity index (χ2v) is 5.69. The van der Waals surface area contributed by atoms with Crippen LogP contribution in [0.25, 0.3) is 5.82 Å². The maximum atomic E-state index is 12.2. The predicted molar refractivity (Wildman–Crippen MR) is 107 cm³/mol. The minimum atomic E-state index is -0.520. The number of nitrogens with two attached hydrogens (primary N) is 3. The summed E-state index contributed by atoms with van der Waals surface area (Å²) in [5, 5.41) is 13.5. The molecule has 2 aromatic heterocycles. The minimum Gasteiger partial charge on any atom is -0.401 e. The van der Waals surface area contributed by atoms with Crippen molar-refractivity contribution in [3.8, 4) is 0 Å². The number of hydrogen-bond donors (Lipinski definition) is 4.